The maximum atomic E-state index is 16.1. The van der Waals surface area contributed by atoms with Crippen molar-refractivity contribution in [2.75, 3.05) is 19.8 Å². The zero-order valence-corrected chi connectivity index (χ0v) is 19.1. The Morgan fingerprint density at radius 2 is 2.03 bits per heavy atom. The van der Waals surface area contributed by atoms with E-state index in [9.17, 15) is 10.2 Å². The van der Waals surface area contributed by atoms with E-state index in [2.05, 4.69) is 31.9 Å². The van der Waals surface area contributed by atoms with E-state index in [1.54, 1.807) is 12.3 Å². The zero-order chi connectivity index (χ0) is 23.8. The number of benzene rings is 2. The predicted molar refractivity (Wildman–Crippen MR) is 134 cm³/mol. The van der Waals surface area contributed by atoms with Crippen molar-refractivity contribution in [3.05, 3.63) is 58.7 Å². The first-order valence-corrected chi connectivity index (χ1v) is 11.6. The average molecular weight is 462 g/mol. The molecule has 2 aromatic rings. The van der Waals surface area contributed by atoms with Gasteiger partial charge in [-0.3, -0.25) is 9.98 Å². The summed E-state index contributed by atoms with van der Waals surface area (Å²) in [6.45, 7) is 6.67. The van der Waals surface area contributed by atoms with E-state index in [0.717, 1.165) is 48.7 Å². The second-order valence-electron chi connectivity index (χ2n) is 8.87. The van der Waals surface area contributed by atoms with Crippen LogP contribution in [-0.2, 0) is 6.42 Å². The Hall–Kier alpha value is -3.36. The number of phenolic OH excluding ortho intramolecular Hbond substituents is 1. The van der Waals surface area contributed by atoms with Gasteiger partial charge >= 0.3 is 0 Å². The third-order valence-electron chi connectivity index (χ3n) is 6.81. The number of allylic oxidation sites excluding steroid dienone is 2. The van der Waals surface area contributed by atoms with Crippen molar-refractivity contribution in [3.63, 3.8) is 0 Å². The van der Waals surface area contributed by atoms with Crippen molar-refractivity contribution in [1.29, 1.82) is 0 Å². The van der Waals surface area contributed by atoms with E-state index in [-0.39, 0.29) is 17.2 Å². The van der Waals surface area contributed by atoms with Gasteiger partial charge in [-0.25, -0.2) is 9.38 Å². The monoisotopic (exact) mass is 461 g/mol. The molecule has 0 aromatic heterocycles. The lowest BCUT2D eigenvalue weighted by atomic mass is 9.93. The van der Waals surface area contributed by atoms with Crippen LogP contribution in [0.5, 0.6) is 5.75 Å². The zero-order valence-electron chi connectivity index (χ0n) is 19.1. The molecule has 0 saturated carbocycles. The number of piperazine rings is 1. The molecule has 0 radical (unpaired) electrons. The van der Waals surface area contributed by atoms with Crippen LogP contribution in [0.1, 0.15) is 30.9 Å². The molecule has 5 rings (SSSR count). The van der Waals surface area contributed by atoms with Crippen LogP contribution in [0.2, 0.25) is 0 Å². The number of aliphatic imine (C=N–C) groups is 3. The van der Waals surface area contributed by atoms with E-state index in [1.807, 2.05) is 25.1 Å². The van der Waals surface area contributed by atoms with Gasteiger partial charge in [-0.15, -0.1) is 0 Å². The highest BCUT2D eigenvalue weighted by molar-refractivity contribution is 6.29. The Morgan fingerprint density at radius 3 is 2.71 bits per heavy atom. The van der Waals surface area contributed by atoms with Gasteiger partial charge in [0.05, 0.1) is 5.57 Å². The number of nitrogens with one attached hydrogen (secondary N) is 1. The van der Waals surface area contributed by atoms with Gasteiger partial charge < -0.3 is 20.4 Å². The van der Waals surface area contributed by atoms with Gasteiger partial charge in [-0.05, 0) is 54.4 Å². The van der Waals surface area contributed by atoms with Gasteiger partial charge in [-0.2, -0.15) is 0 Å². The maximum Gasteiger partial charge on any atom is 0.175 e. The fourth-order valence-electron chi connectivity index (χ4n) is 5.35. The van der Waals surface area contributed by atoms with E-state index in [4.69, 9.17) is 0 Å². The molecule has 2 saturated heterocycles. The van der Waals surface area contributed by atoms with Crippen LogP contribution in [0.4, 0.5) is 4.39 Å². The lowest BCUT2D eigenvalue weighted by Gasteiger charge is -2.35. The molecule has 3 aliphatic heterocycles. The Bertz CT molecular complexity index is 1270. The summed E-state index contributed by atoms with van der Waals surface area (Å²) < 4.78 is 16.1. The van der Waals surface area contributed by atoms with E-state index in [1.165, 1.54) is 6.07 Å². The minimum atomic E-state index is -0.663. The van der Waals surface area contributed by atoms with Crippen molar-refractivity contribution in [3.8, 4) is 5.75 Å². The molecule has 3 N–H and O–H groups in total. The maximum absolute atomic E-state index is 16.1. The first-order valence-electron chi connectivity index (χ1n) is 11.6. The minimum absolute atomic E-state index is 0.00810. The number of rotatable bonds is 5. The van der Waals surface area contributed by atoms with Crippen LogP contribution in [0.3, 0.4) is 0 Å². The highest BCUT2D eigenvalue weighted by atomic mass is 19.1. The molecule has 34 heavy (non-hydrogen) atoms. The summed E-state index contributed by atoms with van der Waals surface area (Å²) in [4.78, 5) is 14.9. The fraction of sp³-hybridized carbons (Fsp3) is 0.346. The second kappa shape index (κ2) is 9.12. The summed E-state index contributed by atoms with van der Waals surface area (Å²) >= 11 is 0. The molecule has 176 valence electrons. The molecule has 0 aliphatic carbocycles. The van der Waals surface area contributed by atoms with Crippen molar-refractivity contribution in [2.45, 2.75) is 38.3 Å². The van der Waals surface area contributed by atoms with Gasteiger partial charge in [0.25, 0.3) is 0 Å². The molecule has 2 unspecified atom stereocenters. The minimum Gasteiger partial charge on any atom is -0.508 e. The second-order valence-corrected chi connectivity index (χ2v) is 8.87. The number of aryl methyl sites for hydroxylation is 1. The van der Waals surface area contributed by atoms with E-state index in [0.29, 0.717) is 29.0 Å². The molecular weight excluding hydrogens is 433 g/mol. The number of hydrogen-bond donors (Lipinski definition) is 3. The summed E-state index contributed by atoms with van der Waals surface area (Å²) in [5, 5.41) is 25.2. The lowest BCUT2D eigenvalue weighted by Crippen LogP contribution is -2.50. The van der Waals surface area contributed by atoms with E-state index < -0.39 is 12.6 Å². The summed E-state index contributed by atoms with van der Waals surface area (Å²) in [5.74, 6) is -0.125. The molecule has 2 fully saturated rings. The number of aliphatic hydroxyl groups excluding tert-OH is 1. The molecule has 2 bridgehead atoms. The van der Waals surface area contributed by atoms with Gasteiger partial charge in [0.15, 0.2) is 5.83 Å². The Kier molecular flexibility index (Phi) is 6.02. The lowest BCUT2D eigenvalue weighted by molar-refractivity contribution is 0.241. The molecule has 2 aromatic carbocycles. The average Bonchev–Trinajstić information content (AvgIpc) is 3.18. The number of likely N-dealkylation sites (tertiary alicyclic amines) is 1. The summed E-state index contributed by atoms with van der Waals surface area (Å²) in [6, 6.07) is 9.69. The van der Waals surface area contributed by atoms with Gasteiger partial charge in [0.2, 0.25) is 0 Å². The topological polar surface area (TPSA) is 92.8 Å². The molecule has 3 aliphatic rings. The summed E-state index contributed by atoms with van der Waals surface area (Å²) in [6.07, 6.45) is 4.47. The highest BCUT2D eigenvalue weighted by Crippen LogP contribution is 2.38. The van der Waals surface area contributed by atoms with Crippen molar-refractivity contribution >= 4 is 35.1 Å². The molecule has 0 amide bonds. The normalized spacial score (nSPS) is 24.9. The number of aromatic hydroxyl groups is 1. The van der Waals surface area contributed by atoms with E-state index >= 15 is 4.39 Å². The van der Waals surface area contributed by atoms with Crippen LogP contribution in [0.15, 0.2) is 62.5 Å². The van der Waals surface area contributed by atoms with Crippen LogP contribution >= 0.6 is 0 Å². The molecule has 0 spiro atoms. The van der Waals surface area contributed by atoms with Crippen molar-refractivity contribution in [1.82, 2.24) is 10.2 Å². The van der Waals surface area contributed by atoms with Gasteiger partial charge in [0.1, 0.15) is 29.7 Å². The van der Waals surface area contributed by atoms with Crippen molar-refractivity contribution < 1.29 is 14.6 Å². The number of aliphatic hydroxyl groups is 1. The van der Waals surface area contributed by atoms with Gasteiger partial charge in [-0.1, -0.05) is 25.1 Å². The number of hydrogen-bond acceptors (Lipinski definition) is 7. The summed E-state index contributed by atoms with van der Waals surface area (Å²) in [7, 11) is 0. The number of halogens is 1. The first-order chi connectivity index (χ1) is 16.5. The highest BCUT2D eigenvalue weighted by Gasteiger charge is 2.35. The first kappa shape index (κ1) is 22.4. The molecule has 3 heterocycles. The Labute approximate surface area is 197 Å². The third kappa shape index (κ3) is 3.82. The van der Waals surface area contributed by atoms with Crippen LogP contribution in [0.25, 0.3) is 16.5 Å². The smallest absolute Gasteiger partial charge is 0.175 e. The number of phenols is 1. The largest absolute Gasteiger partial charge is 0.508 e. The molecule has 7 nitrogen and oxygen atoms in total. The standard InChI is InChI=1S/C26H28FN5O2/c1-3-15-5-4-6-16-9-19(34)10-20(22(15)16)24-23(27)25(30-14-33)21(11-29-24)26(28-2)32-12-17-7-8-18(13-32)31-17/h4-6,9-11,17-18,31,33-34H,2-3,7-8,12-14H2,1H3/b26-21+,30-25+. The number of fused-ring (bicyclic) bond motifs is 3. The molecule has 8 heteroatoms. The fourth-order valence-corrected chi connectivity index (χ4v) is 5.35. The predicted octanol–water partition coefficient (Wildman–Crippen LogP) is 3.57. The van der Waals surface area contributed by atoms with Gasteiger partial charge in [0, 0.05) is 37.0 Å². The SMILES string of the molecule is C=N/C(=C1/C=NC(c2cc(O)cc3cccc(CC)c23)=C(F)/C1=N/CO)N1CC2CCC(C1)N2. The van der Waals surface area contributed by atoms with Crippen LogP contribution < -0.4 is 5.32 Å². The number of nitrogens with zero attached hydrogens (tertiary/aromatic N) is 4. The van der Waals surface area contributed by atoms with Crippen LogP contribution in [0, 0.1) is 0 Å². The van der Waals surface area contributed by atoms with Crippen molar-refractivity contribution in [2.24, 2.45) is 15.0 Å². The summed E-state index contributed by atoms with van der Waals surface area (Å²) in [5.41, 5.74) is 1.97. The van der Waals surface area contributed by atoms with Crippen LogP contribution in [-0.4, -0.2) is 65.7 Å². The Morgan fingerprint density at radius 1 is 1.26 bits per heavy atom. The third-order valence-corrected chi connectivity index (χ3v) is 6.81. The molecular formula is C26H28FN5O2. The Balaban J connectivity index is 1.66. The molecule has 2 atom stereocenters. The quantitative estimate of drug-likeness (QED) is 0.594.